The van der Waals surface area contributed by atoms with E-state index in [1.807, 2.05) is 6.92 Å². The summed E-state index contributed by atoms with van der Waals surface area (Å²) in [6.07, 6.45) is 0.276. The highest BCUT2D eigenvalue weighted by atomic mass is 19.4. The normalized spacial score (nSPS) is 15.2. The minimum atomic E-state index is -8.93. The van der Waals surface area contributed by atoms with E-state index >= 15 is 8.78 Å². The third kappa shape index (κ3) is 12.1. The number of carboxylic acids is 1. The molecule has 0 spiro atoms. The fourth-order valence-electron chi connectivity index (χ4n) is 5.81. The SMILES string of the molecule is CCCCCCCCCCC[C](CCCCCCCCCCC(=O)O)C(C)C(F)(F)C(F)(F)C(F)(F)C(F)(F)C(F)(F)C(F)(F)C(F)(F)C(F)(F)C(F)(F)F. The van der Waals surface area contributed by atoms with Gasteiger partial charge in [0.15, 0.2) is 0 Å². The second kappa shape index (κ2) is 20.7. The van der Waals surface area contributed by atoms with Gasteiger partial charge < -0.3 is 5.11 Å². The van der Waals surface area contributed by atoms with Gasteiger partial charge in [-0.15, -0.1) is 0 Å². The first kappa shape index (κ1) is 53.1. The van der Waals surface area contributed by atoms with Gasteiger partial charge >= 0.3 is 59.5 Å². The summed E-state index contributed by atoms with van der Waals surface area (Å²) in [6.45, 7) is 2.10. The van der Waals surface area contributed by atoms with Gasteiger partial charge in [-0.1, -0.05) is 117 Å². The molecule has 21 heteroatoms. The molecule has 0 saturated carbocycles. The molecule has 0 fully saturated rings. The average molecular weight is 850 g/mol. The lowest BCUT2D eigenvalue weighted by Gasteiger charge is -2.45. The van der Waals surface area contributed by atoms with Gasteiger partial charge in [0.1, 0.15) is 0 Å². The number of alkyl halides is 19. The minimum absolute atomic E-state index is 0.0357. The van der Waals surface area contributed by atoms with Crippen molar-refractivity contribution in [3.63, 3.8) is 0 Å². The Bertz CT molecular complexity index is 1120. The Balaban J connectivity index is 6.25. The Kier molecular flexibility index (Phi) is 20.0. The molecular formula is C34H48F19O2. The lowest BCUT2D eigenvalue weighted by molar-refractivity contribution is -0.469. The summed E-state index contributed by atoms with van der Waals surface area (Å²) in [4.78, 5) is 10.5. The van der Waals surface area contributed by atoms with Crippen LogP contribution >= 0.6 is 0 Å². The van der Waals surface area contributed by atoms with Gasteiger partial charge in [-0.05, 0) is 25.2 Å². The molecule has 0 rings (SSSR count). The first-order valence-corrected chi connectivity index (χ1v) is 17.9. The molecule has 329 valence electrons. The Labute approximate surface area is 307 Å². The summed E-state index contributed by atoms with van der Waals surface area (Å²) in [5, 5.41) is 8.63. The lowest BCUT2D eigenvalue weighted by Crippen LogP contribution is -2.76. The summed E-state index contributed by atoms with van der Waals surface area (Å²) in [5.74, 6) is -71.4. The highest BCUT2D eigenvalue weighted by Gasteiger charge is 2.96. The number of carbonyl (C=O) groups is 1. The van der Waals surface area contributed by atoms with Crippen molar-refractivity contribution >= 4 is 5.97 Å². The molecular weight excluding hydrogens is 801 g/mol. The Morgan fingerprint density at radius 2 is 0.655 bits per heavy atom. The molecule has 0 bridgehead atoms. The van der Waals surface area contributed by atoms with Crippen molar-refractivity contribution in [1.82, 2.24) is 0 Å². The Hall–Kier alpha value is -1.86. The number of rotatable bonds is 30. The Morgan fingerprint density at radius 1 is 0.400 bits per heavy atom. The lowest BCUT2D eigenvalue weighted by atomic mass is 9.76. The van der Waals surface area contributed by atoms with Crippen LogP contribution in [0.3, 0.4) is 0 Å². The van der Waals surface area contributed by atoms with Gasteiger partial charge in [0.2, 0.25) is 0 Å². The fourth-order valence-corrected chi connectivity index (χ4v) is 5.81. The number of aliphatic carboxylic acids is 1. The fraction of sp³-hybridized carbons (Fsp3) is 0.941. The van der Waals surface area contributed by atoms with Gasteiger partial charge in [-0.25, -0.2) is 0 Å². The van der Waals surface area contributed by atoms with Crippen LogP contribution in [-0.2, 0) is 4.79 Å². The second-order valence-electron chi connectivity index (χ2n) is 13.8. The molecule has 0 aromatic heterocycles. The predicted octanol–water partition coefficient (Wildman–Crippen LogP) is 14.7. The van der Waals surface area contributed by atoms with Gasteiger partial charge in [-0.3, -0.25) is 4.79 Å². The van der Waals surface area contributed by atoms with Crippen molar-refractivity contribution in [2.24, 2.45) is 5.92 Å². The third-order valence-electron chi connectivity index (χ3n) is 9.54. The molecule has 0 amide bonds. The van der Waals surface area contributed by atoms with Crippen molar-refractivity contribution in [3.05, 3.63) is 5.92 Å². The zero-order valence-corrected chi connectivity index (χ0v) is 30.3. The minimum Gasteiger partial charge on any atom is -0.481 e. The Morgan fingerprint density at radius 3 is 0.945 bits per heavy atom. The van der Waals surface area contributed by atoms with Crippen LogP contribution in [0.2, 0.25) is 0 Å². The van der Waals surface area contributed by atoms with E-state index in [9.17, 15) is 79.4 Å². The summed E-state index contributed by atoms with van der Waals surface area (Å²) in [5.41, 5.74) is 0. The predicted molar refractivity (Wildman–Crippen MR) is 164 cm³/mol. The quantitative estimate of drug-likeness (QED) is 0.0577. The van der Waals surface area contributed by atoms with Gasteiger partial charge in [0, 0.05) is 12.3 Å². The molecule has 0 aliphatic rings. The van der Waals surface area contributed by atoms with E-state index in [0.717, 1.165) is 32.1 Å². The second-order valence-corrected chi connectivity index (χ2v) is 13.8. The number of hydrogen-bond donors (Lipinski definition) is 1. The molecule has 2 nitrogen and oxygen atoms in total. The largest absolute Gasteiger partial charge is 0.481 e. The average Bonchev–Trinajstić information content (AvgIpc) is 3.05. The van der Waals surface area contributed by atoms with E-state index in [1.54, 1.807) is 0 Å². The van der Waals surface area contributed by atoms with Crippen LogP contribution < -0.4 is 0 Å². The topological polar surface area (TPSA) is 37.3 Å². The molecule has 1 radical (unpaired) electrons. The third-order valence-corrected chi connectivity index (χ3v) is 9.54. The van der Waals surface area contributed by atoms with E-state index in [4.69, 9.17) is 5.11 Å². The van der Waals surface area contributed by atoms with Crippen molar-refractivity contribution in [1.29, 1.82) is 0 Å². The molecule has 1 unspecified atom stereocenters. The maximum atomic E-state index is 15.3. The molecule has 0 saturated heterocycles. The molecule has 0 aliphatic heterocycles. The van der Waals surface area contributed by atoms with Crippen molar-refractivity contribution < 1.29 is 93.3 Å². The van der Waals surface area contributed by atoms with Crippen molar-refractivity contribution in [2.45, 2.75) is 196 Å². The van der Waals surface area contributed by atoms with Gasteiger partial charge in [-0.2, -0.15) is 83.4 Å². The number of hydrogen-bond acceptors (Lipinski definition) is 1. The number of halogens is 19. The van der Waals surface area contributed by atoms with Crippen molar-refractivity contribution in [2.75, 3.05) is 0 Å². The molecule has 1 atom stereocenters. The smallest absolute Gasteiger partial charge is 0.460 e. The van der Waals surface area contributed by atoms with E-state index in [-0.39, 0.29) is 39.0 Å². The molecule has 0 heterocycles. The van der Waals surface area contributed by atoms with Crippen LogP contribution in [0.5, 0.6) is 0 Å². The molecule has 0 aliphatic carbocycles. The van der Waals surface area contributed by atoms with Crippen LogP contribution in [0, 0.1) is 11.8 Å². The molecule has 0 aromatic rings. The first-order chi connectivity index (χ1) is 24.8. The van der Waals surface area contributed by atoms with Gasteiger partial charge in [0.25, 0.3) is 0 Å². The zero-order valence-electron chi connectivity index (χ0n) is 30.3. The van der Waals surface area contributed by atoms with E-state index in [0.29, 0.717) is 51.4 Å². The number of carboxylic acid groups (broad SMARTS) is 1. The van der Waals surface area contributed by atoms with Crippen LogP contribution in [0.4, 0.5) is 83.4 Å². The molecule has 0 aromatic carbocycles. The van der Waals surface area contributed by atoms with Crippen LogP contribution in [-0.4, -0.2) is 64.6 Å². The van der Waals surface area contributed by atoms with Gasteiger partial charge in [0.05, 0.1) is 0 Å². The summed E-state index contributed by atoms with van der Waals surface area (Å²) >= 11 is 0. The summed E-state index contributed by atoms with van der Waals surface area (Å²) in [7, 11) is 0. The number of unbranched alkanes of at least 4 members (excludes halogenated alkanes) is 15. The zero-order chi connectivity index (χ0) is 43.4. The standard InChI is InChI=1S/C34H48F19O2/c1-3-4-5-6-7-8-11-14-17-20-24(21-18-15-12-9-10-13-16-19-22-25(54)55)23(2)26(35,36)27(37,38)28(39,40)29(41,42)30(43,44)31(45,46)32(47,48)33(49,50)34(51,52)53/h23H,3-22H2,1-2H3,(H,54,55). The first-order valence-electron chi connectivity index (χ1n) is 17.9. The molecule has 55 heavy (non-hydrogen) atoms. The van der Waals surface area contributed by atoms with E-state index < -0.39 is 84.2 Å². The monoisotopic (exact) mass is 849 g/mol. The van der Waals surface area contributed by atoms with Crippen molar-refractivity contribution in [3.8, 4) is 0 Å². The van der Waals surface area contributed by atoms with Crippen LogP contribution in [0.15, 0.2) is 0 Å². The van der Waals surface area contributed by atoms with E-state index in [1.165, 1.54) is 0 Å². The molecule has 1 N–H and O–H groups in total. The highest BCUT2D eigenvalue weighted by molar-refractivity contribution is 5.66. The maximum absolute atomic E-state index is 15.3. The maximum Gasteiger partial charge on any atom is 0.460 e. The van der Waals surface area contributed by atoms with Crippen LogP contribution in [0.25, 0.3) is 0 Å². The highest BCUT2D eigenvalue weighted by Crippen LogP contribution is 2.66. The summed E-state index contributed by atoms with van der Waals surface area (Å²) < 4.78 is 265. The van der Waals surface area contributed by atoms with E-state index in [2.05, 4.69) is 0 Å². The summed E-state index contributed by atoms with van der Waals surface area (Å²) in [6, 6.07) is 0. The van der Waals surface area contributed by atoms with Crippen LogP contribution in [0.1, 0.15) is 142 Å².